The fraction of sp³-hybridized carbons (Fsp3) is 0.333. The van der Waals surface area contributed by atoms with Crippen LogP contribution in [-0.4, -0.2) is 46.5 Å². The second-order valence-corrected chi connectivity index (χ2v) is 8.75. The smallest absolute Gasteiger partial charge is 0.257 e. The number of anilines is 1. The minimum Gasteiger partial charge on any atom is -0.342 e. The third-order valence-electron chi connectivity index (χ3n) is 6.23. The van der Waals surface area contributed by atoms with Crippen molar-refractivity contribution in [3.63, 3.8) is 0 Å². The highest BCUT2D eigenvalue weighted by atomic mass is 35.5. The molecule has 0 N–H and O–H groups in total. The highest BCUT2D eigenvalue weighted by Crippen LogP contribution is 2.31. The molecule has 8 heteroatoms. The average molecular weight is 451 g/mol. The van der Waals surface area contributed by atoms with E-state index < -0.39 is 0 Å². The summed E-state index contributed by atoms with van der Waals surface area (Å²) in [6, 6.07) is 16.9. The van der Waals surface area contributed by atoms with Crippen LogP contribution in [-0.2, 0) is 9.59 Å². The Balaban J connectivity index is 1.19. The van der Waals surface area contributed by atoms with Gasteiger partial charge in [-0.2, -0.15) is 4.98 Å². The normalized spacial score (nSPS) is 19.5. The Morgan fingerprint density at radius 1 is 1.06 bits per heavy atom. The molecule has 0 radical (unpaired) electrons. The molecule has 2 amide bonds. The molecule has 5 rings (SSSR count). The molecule has 2 aliphatic rings. The molecule has 0 bridgehead atoms. The summed E-state index contributed by atoms with van der Waals surface area (Å²) in [5, 5.41) is 4.75. The number of rotatable bonds is 4. The molecule has 32 heavy (non-hydrogen) atoms. The highest BCUT2D eigenvalue weighted by Gasteiger charge is 2.38. The van der Waals surface area contributed by atoms with Crippen LogP contribution in [0.5, 0.6) is 0 Å². The van der Waals surface area contributed by atoms with E-state index in [1.165, 1.54) is 0 Å². The number of benzene rings is 2. The predicted molar refractivity (Wildman–Crippen MR) is 120 cm³/mol. The minimum atomic E-state index is -0.326. The molecule has 7 nitrogen and oxygen atoms in total. The topological polar surface area (TPSA) is 79.5 Å². The monoisotopic (exact) mass is 450 g/mol. The molecule has 2 aromatic carbocycles. The zero-order valence-electron chi connectivity index (χ0n) is 17.5. The maximum Gasteiger partial charge on any atom is 0.257 e. The number of aromatic nitrogens is 2. The van der Waals surface area contributed by atoms with E-state index in [0.29, 0.717) is 36.4 Å². The second kappa shape index (κ2) is 8.74. The van der Waals surface area contributed by atoms with Gasteiger partial charge in [0.1, 0.15) is 0 Å². The van der Waals surface area contributed by atoms with Crippen molar-refractivity contribution in [1.29, 1.82) is 0 Å². The first-order valence-electron chi connectivity index (χ1n) is 10.8. The van der Waals surface area contributed by atoms with Gasteiger partial charge in [-0.3, -0.25) is 9.59 Å². The van der Waals surface area contributed by atoms with Gasteiger partial charge in [-0.25, -0.2) is 0 Å². The van der Waals surface area contributed by atoms with E-state index in [2.05, 4.69) is 10.1 Å². The lowest BCUT2D eigenvalue weighted by molar-refractivity contribution is -0.136. The maximum atomic E-state index is 13.1. The lowest BCUT2D eigenvalue weighted by atomic mass is 9.95. The van der Waals surface area contributed by atoms with Crippen molar-refractivity contribution in [3.8, 4) is 11.5 Å². The molecule has 164 valence electrons. The molecule has 0 spiro atoms. The first-order valence-corrected chi connectivity index (χ1v) is 11.2. The Labute approximate surface area is 191 Å². The molecule has 2 saturated heterocycles. The Bertz CT molecular complexity index is 1130. The maximum absolute atomic E-state index is 13.1. The number of nitrogens with zero attached hydrogens (tertiary/aromatic N) is 4. The van der Waals surface area contributed by atoms with Gasteiger partial charge in [0.15, 0.2) is 5.82 Å². The molecule has 2 fully saturated rings. The van der Waals surface area contributed by atoms with E-state index in [9.17, 15) is 9.59 Å². The highest BCUT2D eigenvalue weighted by molar-refractivity contribution is 6.31. The van der Waals surface area contributed by atoms with Crippen LogP contribution in [0.1, 0.15) is 31.0 Å². The quantitative estimate of drug-likeness (QED) is 0.596. The van der Waals surface area contributed by atoms with Crippen LogP contribution in [0.2, 0.25) is 5.02 Å². The molecule has 0 aliphatic carbocycles. The SMILES string of the molecule is O=C([C@H]1CC(=O)N(c2cccc(Cl)c2)C1)N1CCC(c2noc(-c3ccccc3)n2)CC1. The van der Waals surface area contributed by atoms with Gasteiger partial charge >= 0.3 is 0 Å². The number of hydrogen-bond acceptors (Lipinski definition) is 5. The molecule has 2 aliphatic heterocycles. The number of amides is 2. The lowest BCUT2D eigenvalue weighted by Gasteiger charge is -2.32. The number of piperidine rings is 1. The van der Waals surface area contributed by atoms with Crippen LogP contribution >= 0.6 is 11.6 Å². The molecule has 1 atom stereocenters. The van der Waals surface area contributed by atoms with E-state index in [1.807, 2.05) is 47.4 Å². The zero-order chi connectivity index (χ0) is 22.1. The van der Waals surface area contributed by atoms with Gasteiger partial charge in [-0.1, -0.05) is 41.0 Å². The summed E-state index contributed by atoms with van der Waals surface area (Å²) in [5.41, 5.74) is 1.64. The molecular formula is C24H23ClN4O3. The van der Waals surface area contributed by atoms with Crippen molar-refractivity contribution in [1.82, 2.24) is 15.0 Å². The van der Waals surface area contributed by atoms with Crippen molar-refractivity contribution in [3.05, 3.63) is 65.4 Å². The largest absolute Gasteiger partial charge is 0.342 e. The van der Waals surface area contributed by atoms with Crippen molar-refractivity contribution >= 4 is 29.1 Å². The van der Waals surface area contributed by atoms with Gasteiger partial charge < -0.3 is 14.3 Å². The van der Waals surface area contributed by atoms with Gasteiger partial charge in [0.25, 0.3) is 5.89 Å². The van der Waals surface area contributed by atoms with Gasteiger partial charge in [-0.15, -0.1) is 0 Å². The van der Waals surface area contributed by atoms with Gasteiger partial charge in [-0.05, 0) is 43.2 Å². The molecule has 3 aromatic rings. The molecule has 0 saturated carbocycles. The van der Waals surface area contributed by atoms with Crippen LogP contribution < -0.4 is 4.90 Å². The number of carbonyl (C=O) groups is 2. The van der Waals surface area contributed by atoms with Crippen LogP contribution in [0.15, 0.2) is 59.1 Å². The van der Waals surface area contributed by atoms with E-state index in [-0.39, 0.29) is 30.1 Å². The van der Waals surface area contributed by atoms with Gasteiger partial charge in [0.2, 0.25) is 11.8 Å². The Morgan fingerprint density at radius 3 is 2.59 bits per heavy atom. The number of halogens is 1. The second-order valence-electron chi connectivity index (χ2n) is 8.31. The van der Waals surface area contributed by atoms with Crippen LogP contribution in [0.3, 0.4) is 0 Å². The van der Waals surface area contributed by atoms with Crippen LogP contribution in [0.25, 0.3) is 11.5 Å². The average Bonchev–Trinajstić information content (AvgIpc) is 3.47. The molecular weight excluding hydrogens is 428 g/mol. The van der Waals surface area contributed by atoms with E-state index in [4.69, 9.17) is 16.1 Å². The summed E-state index contributed by atoms with van der Waals surface area (Å²) in [4.78, 5) is 33.7. The summed E-state index contributed by atoms with van der Waals surface area (Å²) < 4.78 is 5.44. The fourth-order valence-electron chi connectivity index (χ4n) is 4.48. The third-order valence-corrected chi connectivity index (χ3v) is 6.46. The Morgan fingerprint density at radius 2 is 1.84 bits per heavy atom. The molecule has 3 heterocycles. The summed E-state index contributed by atoms with van der Waals surface area (Å²) in [6.07, 6.45) is 1.78. The molecule has 0 unspecified atom stereocenters. The van der Waals surface area contributed by atoms with Crippen LogP contribution in [0, 0.1) is 5.92 Å². The lowest BCUT2D eigenvalue weighted by Crippen LogP contribution is -2.42. The van der Waals surface area contributed by atoms with E-state index in [0.717, 1.165) is 24.1 Å². The number of likely N-dealkylation sites (tertiary alicyclic amines) is 1. The van der Waals surface area contributed by atoms with E-state index in [1.54, 1.807) is 17.0 Å². The van der Waals surface area contributed by atoms with Crippen LogP contribution in [0.4, 0.5) is 5.69 Å². The van der Waals surface area contributed by atoms with E-state index >= 15 is 0 Å². The summed E-state index contributed by atoms with van der Waals surface area (Å²) in [7, 11) is 0. The standard InChI is InChI=1S/C24H23ClN4O3/c25-19-7-4-8-20(14-19)29-15-18(13-21(29)30)24(31)28-11-9-16(10-12-28)22-26-23(32-27-22)17-5-2-1-3-6-17/h1-8,14,16,18H,9-13,15H2/t18-/m0/s1. The van der Waals surface area contributed by atoms with Crippen molar-refractivity contribution < 1.29 is 14.1 Å². The Kier molecular flexibility index (Phi) is 5.66. The Hall–Kier alpha value is -3.19. The third kappa shape index (κ3) is 4.12. The van der Waals surface area contributed by atoms with Crippen molar-refractivity contribution in [2.75, 3.05) is 24.5 Å². The van der Waals surface area contributed by atoms with Crippen molar-refractivity contribution in [2.24, 2.45) is 5.92 Å². The minimum absolute atomic E-state index is 0.0410. The number of hydrogen-bond donors (Lipinski definition) is 0. The number of carbonyl (C=O) groups excluding carboxylic acids is 2. The summed E-state index contributed by atoms with van der Waals surface area (Å²) >= 11 is 6.06. The predicted octanol–water partition coefficient (Wildman–Crippen LogP) is 4.15. The molecule has 1 aromatic heterocycles. The van der Waals surface area contributed by atoms with Gasteiger partial charge in [0.05, 0.1) is 5.92 Å². The zero-order valence-corrected chi connectivity index (χ0v) is 18.2. The van der Waals surface area contributed by atoms with Gasteiger partial charge in [0, 0.05) is 48.2 Å². The first kappa shape index (κ1) is 20.7. The van der Waals surface area contributed by atoms with Crippen molar-refractivity contribution in [2.45, 2.75) is 25.2 Å². The summed E-state index contributed by atoms with van der Waals surface area (Å²) in [5.74, 6) is 1.05. The fourth-order valence-corrected chi connectivity index (χ4v) is 4.67. The summed E-state index contributed by atoms with van der Waals surface area (Å²) in [6.45, 7) is 1.64. The first-order chi connectivity index (χ1) is 15.6.